The lowest BCUT2D eigenvalue weighted by Gasteiger charge is -2.10. The van der Waals surface area contributed by atoms with E-state index in [0.717, 1.165) is 12.8 Å². The van der Waals surface area contributed by atoms with Gasteiger partial charge in [0.2, 0.25) is 0 Å². The van der Waals surface area contributed by atoms with Crippen LogP contribution in [0.25, 0.3) is 0 Å². The van der Waals surface area contributed by atoms with Crippen LogP contribution in [-0.4, -0.2) is 19.2 Å². The van der Waals surface area contributed by atoms with Gasteiger partial charge in [-0.1, -0.05) is 0 Å². The van der Waals surface area contributed by atoms with E-state index in [-0.39, 0.29) is 6.04 Å². The van der Waals surface area contributed by atoms with Crippen molar-refractivity contribution >= 4 is 6.09 Å². The molecule has 0 radical (unpaired) electrons. The zero-order chi connectivity index (χ0) is 9.40. The quantitative estimate of drug-likeness (QED) is 0.649. The van der Waals surface area contributed by atoms with E-state index in [1.807, 2.05) is 13.0 Å². The number of hydrogen-bond acceptors (Lipinski definition) is 3. The number of carbonyl (C=O) groups is 1. The van der Waals surface area contributed by atoms with Crippen molar-refractivity contribution in [2.45, 2.75) is 32.2 Å². The van der Waals surface area contributed by atoms with Gasteiger partial charge in [0.15, 0.2) is 0 Å². The molecule has 0 saturated carbocycles. The first-order valence-electron chi connectivity index (χ1n) is 3.92. The minimum Gasteiger partial charge on any atom is -0.453 e. The van der Waals surface area contributed by atoms with Crippen molar-refractivity contribution in [2.24, 2.45) is 0 Å². The van der Waals surface area contributed by atoms with Gasteiger partial charge in [0.1, 0.15) is 0 Å². The summed E-state index contributed by atoms with van der Waals surface area (Å²) in [5.74, 6) is 0. The van der Waals surface area contributed by atoms with Crippen molar-refractivity contribution in [1.82, 2.24) is 5.32 Å². The monoisotopic (exact) mass is 170 g/mol. The van der Waals surface area contributed by atoms with Crippen LogP contribution in [0.5, 0.6) is 0 Å². The lowest BCUT2D eigenvalue weighted by molar-refractivity contribution is 0.167. The van der Waals surface area contributed by atoms with Gasteiger partial charge in [-0.2, -0.15) is 5.26 Å². The van der Waals surface area contributed by atoms with Gasteiger partial charge in [-0.15, -0.1) is 0 Å². The molecule has 1 N–H and O–H groups in total. The maximum atomic E-state index is 10.7. The van der Waals surface area contributed by atoms with Crippen molar-refractivity contribution in [2.75, 3.05) is 7.11 Å². The number of hydrogen-bond donors (Lipinski definition) is 1. The molecule has 0 aromatic carbocycles. The van der Waals surface area contributed by atoms with E-state index in [4.69, 9.17) is 5.26 Å². The minimum atomic E-state index is -0.417. The zero-order valence-electron chi connectivity index (χ0n) is 7.46. The fourth-order valence-corrected chi connectivity index (χ4v) is 0.820. The maximum Gasteiger partial charge on any atom is 0.407 e. The Balaban J connectivity index is 3.40. The van der Waals surface area contributed by atoms with Crippen molar-refractivity contribution in [3.8, 4) is 6.07 Å². The molecule has 0 aliphatic heterocycles. The number of nitrogens with one attached hydrogen (secondary N) is 1. The van der Waals surface area contributed by atoms with Crippen molar-refractivity contribution in [3.05, 3.63) is 0 Å². The summed E-state index contributed by atoms with van der Waals surface area (Å²) in [7, 11) is 1.33. The molecule has 0 rings (SSSR count). The van der Waals surface area contributed by atoms with Crippen LogP contribution in [0.3, 0.4) is 0 Å². The van der Waals surface area contributed by atoms with E-state index < -0.39 is 6.09 Å². The number of ether oxygens (including phenoxy) is 1. The smallest absolute Gasteiger partial charge is 0.407 e. The Labute approximate surface area is 72.5 Å². The summed E-state index contributed by atoms with van der Waals surface area (Å²) < 4.78 is 4.41. The molecule has 4 nitrogen and oxygen atoms in total. The van der Waals surface area contributed by atoms with Crippen LogP contribution in [0.4, 0.5) is 4.79 Å². The van der Waals surface area contributed by atoms with Crippen LogP contribution in [-0.2, 0) is 4.74 Å². The number of methoxy groups -OCH3 is 1. The number of unbranched alkanes of at least 4 members (excludes halogenated alkanes) is 1. The van der Waals surface area contributed by atoms with Gasteiger partial charge in [0.25, 0.3) is 0 Å². The summed E-state index contributed by atoms with van der Waals surface area (Å²) in [5.41, 5.74) is 0. The summed E-state index contributed by atoms with van der Waals surface area (Å²) in [5, 5.41) is 10.9. The number of rotatable bonds is 4. The van der Waals surface area contributed by atoms with E-state index in [9.17, 15) is 4.79 Å². The predicted octanol–water partition coefficient (Wildman–Crippen LogP) is 1.42. The molecular weight excluding hydrogens is 156 g/mol. The molecule has 1 atom stereocenters. The largest absolute Gasteiger partial charge is 0.453 e. The highest BCUT2D eigenvalue weighted by atomic mass is 16.5. The third-order valence-electron chi connectivity index (χ3n) is 1.48. The Morgan fingerprint density at radius 1 is 1.75 bits per heavy atom. The fourth-order valence-electron chi connectivity index (χ4n) is 0.820. The summed E-state index contributed by atoms with van der Waals surface area (Å²) in [6.45, 7) is 1.88. The van der Waals surface area contributed by atoms with Crippen molar-refractivity contribution in [1.29, 1.82) is 5.26 Å². The molecule has 0 fully saturated rings. The molecule has 0 spiro atoms. The Bertz CT molecular complexity index is 174. The van der Waals surface area contributed by atoms with Crippen LogP contribution in [0.15, 0.2) is 0 Å². The molecule has 0 aromatic heterocycles. The minimum absolute atomic E-state index is 0.0748. The molecule has 4 heteroatoms. The van der Waals surface area contributed by atoms with Crippen LogP contribution < -0.4 is 5.32 Å². The highest BCUT2D eigenvalue weighted by molar-refractivity contribution is 5.67. The lowest BCUT2D eigenvalue weighted by Crippen LogP contribution is -2.32. The van der Waals surface area contributed by atoms with Crippen molar-refractivity contribution in [3.63, 3.8) is 0 Å². The first-order valence-corrected chi connectivity index (χ1v) is 3.92. The Morgan fingerprint density at radius 3 is 2.92 bits per heavy atom. The van der Waals surface area contributed by atoms with E-state index in [1.54, 1.807) is 0 Å². The molecule has 0 saturated heterocycles. The summed E-state index contributed by atoms with van der Waals surface area (Å²) in [6.07, 6.45) is 1.73. The lowest BCUT2D eigenvalue weighted by atomic mass is 10.1. The molecule has 12 heavy (non-hydrogen) atoms. The summed E-state index contributed by atoms with van der Waals surface area (Å²) in [6, 6.07) is 2.12. The van der Waals surface area contributed by atoms with Gasteiger partial charge in [-0.25, -0.2) is 4.79 Å². The van der Waals surface area contributed by atoms with E-state index in [0.29, 0.717) is 6.42 Å². The molecule has 0 aromatic rings. The Hall–Kier alpha value is -1.24. The number of nitriles is 1. The second kappa shape index (κ2) is 6.47. The third kappa shape index (κ3) is 5.54. The van der Waals surface area contributed by atoms with Gasteiger partial charge in [0.05, 0.1) is 13.2 Å². The highest BCUT2D eigenvalue weighted by Crippen LogP contribution is 1.99. The molecule has 68 valence electrons. The first-order chi connectivity index (χ1) is 5.70. The molecule has 0 aliphatic rings. The van der Waals surface area contributed by atoms with Crippen LogP contribution in [0.1, 0.15) is 26.2 Å². The Kier molecular flexibility index (Phi) is 5.80. The normalized spacial score (nSPS) is 11.4. The topological polar surface area (TPSA) is 62.1 Å². The van der Waals surface area contributed by atoms with E-state index in [1.165, 1.54) is 7.11 Å². The highest BCUT2D eigenvalue weighted by Gasteiger charge is 2.05. The van der Waals surface area contributed by atoms with E-state index in [2.05, 4.69) is 10.1 Å². The Morgan fingerprint density at radius 2 is 2.42 bits per heavy atom. The second-order valence-electron chi connectivity index (χ2n) is 2.59. The average molecular weight is 170 g/mol. The molecule has 1 unspecified atom stereocenters. The second-order valence-corrected chi connectivity index (χ2v) is 2.59. The number of nitrogens with zero attached hydrogens (tertiary/aromatic N) is 1. The number of carbonyl (C=O) groups excluding carboxylic acids is 1. The number of alkyl carbamates (subject to hydrolysis) is 1. The van der Waals surface area contributed by atoms with Gasteiger partial charge in [-0.3, -0.25) is 0 Å². The molecule has 0 aliphatic carbocycles. The van der Waals surface area contributed by atoms with E-state index >= 15 is 0 Å². The van der Waals surface area contributed by atoms with Crippen LogP contribution in [0.2, 0.25) is 0 Å². The zero-order valence-corrected chi connectivity index (χ0v) is 7.46. The van der Waals surface area contributed by atoms with Gasteiger partial charge < -0.3 is 10.1 Å². The van der Waals surface area contributed by atoms with Crippen molar-refractivity contribution < 1.29 is 9.53 Å². The van der Waals surface area contributed by atoms with Gasteiger partial charge in [-0.05, 0) is 19.8 Å². The van der Waals surface area contributed by atoms with Gasteiger partial charge >= 0.3 is 6.09 Å². The molecular formula is C8H14N2O2. The van der Waals surface area contributed by atoms with Gasteiger partial charge in [0, 0.05) is 12.5 Å². The SMILES string of the molecule is COC(=O)NC(C)CCCC#N. The summed E-state index contributed by atoms with van der Waals surface area (Å²) >= 11 is 0. The third-order valence-corrected chi connectivity index (χ3v) is 1.48. The predicted molar refractivity (Wildman–Crippen MR) is 44.5 cm³/mol. The molecule has 0 heterocycles. The van der Waals surface area contributed by atoms with Crippen LogP contribution in [0, 0.1) is 11.3 Å². The summed E-state index contributed by atoms with van der Waals surface area (Å²) in [4.78, 5) is 10.7. The standard InChI is InChI=1S/C8H14N2O2/c1-7(5-3-4-6-9)10-8(11)12-2/h7H,3-5H2,1-2H3,(H,10,11). The first kappa shape index (κ1) is 10.8. The number of amides is 1. The fraction of sp³-hybridized carbons (Fsp3) is 0.750. The molecule has 0 bridgehead atoms. The molecule has 1 amide bonds. The average Bonchev–Trinajstić information content (AvgIpc) is 2.05. The maximum absolute atomic E-state index is 10.7. The van der Waals surface area contributed by atoms with Crippen LogP contribution >= 0.6 is 0 Å².